The first kappa shape index (κ1) is 24.8. The highest BCUT2D eigenvalue weighted by molar-refractivity contribution is 5.79. The molecule has 2 heterocycles. The number of carbonyl (C=O) groups excluding carboxylic acids is 1. The molecule has 1 aromatic carbocycles. The molecule has 8 heteroatoms. The van der Waals surface area contributed by atoms with Crippen molar-refractivity contribution in [3.63, 3.8) is 0 Å². The lowest BCUT2D eigenvalue weighted by molar-refractivity contribution is -0.274. The maximum absolute atomic E-state index is 13.0. The fourth-order valence-corrected chi connectivity index (χ4v) is 4.73. The van der Waals surface area contributed by atoms with Gasteiger partial charge in [-0.3, -0.25) is 4.79 Å². The molecule has 32 heavy (non-hydrogen) atoms. The van der Waals surface area contributed by atoms with Crippen LogP contribution in [0.15, 0.2) is 18.2 Å². The first-order valence-electron chi connectivity index (χ1n) is 11.8. The second-order valence-corrected chi connectivity index (χ2v) is 8.96. The van der Waals surface area contributed by atoms with E-state index in [2.05, 4.69) is 23.9 Å². The standard InChI is InChI=1S/C21H27F3N2O3.C3H8/c22-21(23,24)29-19-4-2-14-5-8-26(13-16(14)12-19)20(27)15-1-3-18(11-15)25-17-6-9-28-10-7-17;1-3-2/h2,4,12,15,17-18,25H,1,3,5-11,13H2;3H2,1-2H3. The topological polar surface area (TPSA) is 50.8 Å². The van der Waals surface area contributed by atoms with Crippen LogP contribution in [0, 0.1) is 5.92 Å². The number of halogens is 3. The summed E-state index contributed by atoms with van der Waals surface area (Å²) in [5.74, 6) is -0.121. The van der Waals surface area contributed by atoms with Crippen LogP contribution in [0.5, 0.6) is 5.75 Å². The van der Waals surface area contributed by atoms with E-state index in [1.807, 2.05) is 0 Å². The number of alkyl halides is 3. The smallest absolute Gasteiger partial charge is 0.406 e. The van der Waals surface area contributed by atoms with Gasteiger partial charge in [-0.15, -0.1) is 13.2 Å². The first-order chi connectivity index (χ1) is 15.3. The number of carbonyl (C=O) groups is 1. The summed E-state index contributed by atoms with van der Waals surface area (Å²) in [7, 11) is 0. The van der Waals surface area contributed by atoms with Crippen molar-refractivity contribution in [2.75, 3.05) is 19.8 Å². The Morgan fingerprint density at radius 3 is 2.53 bits per heavy atom. The fraction of sp³-hybridized carbons (Fsp3) is 0.708. The van der Waals surface area contributed by atoms with E-state index in [9.17, 15) is 18.0 Å². The lowest BCUT2D eigenvalue weighted by atomic mass is 9.97. The zero-order chi connectivity index (χ0) is 23.1. The average molecular weight is 457 g/mol. The van der Waals surface area contributed by atoms with Gasteiger partial charge < -0.3 is 19.7 Å². The Kier molecular flexibility index (Phi) is 8.82. The quantitative estimate of drug-likeness (QED) is 0.706. The number of fused-ring (bicyclic) bond motifs is 1. The number of nitrogens with zero attached hydrogens (tertiary/aromatic N) is 1. The van der Waals surface area contributed by atoms with Gasteiger partial charge in [0.2, 0.25) is 5.91 Å². The molecule has 0 spiro atoms. The number of ether oxygens (including phenoxy) is 2. The van der Waals surface area contributed by atoms with Gasteiger partial charge in [0.1, 0.15) is 5.75 Å². The maximum Gasteiger partial charge on any atom is 0.573 e. The van der Waals surface area contributed by atoms with E-state index >= 15 is 0 Å². The van der Waals surface area contributed by atoms with E-state index in [0.717, 1.165) is 56.4 Å². The number of benzene rings is 1. The van der Waals surface area contributed by atoms with Crippen molar-refractivity contribution in [2.45, 2.75) is 83.8 Å². The maximum atomic E-state index is 13.0. The van der Waals surface area contributed by atoms with Gasteiger partial charge in [-0.2, -0.15) is 0 Å². The lowest BCUT2D eigenvalue weighted by Gasteiger charge is -2.31. The molecule has 1 N–H and O–H groups in total. The van der Waals surface area contributed by atoms with E-state index in [1.54, 1.807) is 11.0 Å². The monoisotopic (exact) mass is 456 g/mol. The number of hydrogen-bond donors (Lipinski definition) is 1. The highest BCUT2D eigenvalue weighted by Gasteiger charge is 2.35. The Bertz CT molecular complexity index is 750. The van der Waals surface area contributed by atoms with Crippen LogP contribution in [0.3, 0.4) is 0 Å². The molecule has 2 aliphatic heterocycles. The molecule has 1 amide bonds. The van der Waals surface area contributed by atoms with Crippen molar-refractivity contribution in [2.24, 2.45) is 5.92 Å². The summed E-state index contributed by atoms with van der Waals surface area (Å²) in [4.78, 5) is 14.8. The zero-order valence-corrected chi connectivity index (χ0v) is 19.0. The molecule has 1 aromatic rings. The summed E-state index contributed by atoms with van der Waals surface area (Å²) in [5, 5.41) is 3.68. The number of amides is 1. The van der Waals surface area contributed by atoms with Crippen molar-refractivity contribution >= 4 is 5.91 Å². The van der Waals surface area contributed by atoms with Crippen LogP contribution in [0.1, 0.15) is 63.5 Å². The average Bonchev–Trinajstić information content (AvgIpc) is 3.21. The highest BCUT2D eigenvalue weighted by atomic mass is 19.4. The minimum absolute atomic E-state index is 0.0106. The van der Waals surface area contributed by atoms with Gasteiger partial charge in [-0.05, 0) is 61.8 Å². The Hall–Kier alpha value is -1.80. The van der Waals surface area contributed by atoms with Crippen LogP contribution in [-0.2, 0) is 22.5 Å². The molecule has 1 aliphatic carbocycles. The molecule has 0 bridgehead atoms. The summed E-state index contributed by atoms with van der Waals surface area (Å²) in [6.45, 7) is 6.79. The van der Waals surface area contributed by atoms with Crippen molar-refractivity contribution in [3.8, 4) is 5.75 Å². The predicted octanol–water partition coefficient (Wildman–Crippen LogP) is 4.82. The molecule has 2 fully saturated rings. The molecule has 0 aromatic heterocycles. The highest BCUT2D eigenvalue weighted by Crippen LogP contribution is 2.32. The number of rotatable bonds is 4. The third-order valence-electron chi connectivity index (χ3n) is 6.21. The summed E-state index contributed by atoms with van der Waals surface area (Å²) in [6, 6.07) is 5.24. The van der Waals surface area contributed by atoms with E-state index in [0.29, 0.717) is 31.6 Å². The molecule has 2 unspecified atom stereocenters. The van der Waals surface area contributed by atoms with Gasteiger partial charge in [0.25, 0.3) is 0 Å². The first-order valence-corrected chi connectivity index (χ1v) is 11.8. The summed E-state index contributed by atoms with van der Waals surface area (Å²) in [5.41, 5.74) is 1.72. The molecule has 3 aliphatic rings. The Morgan fingerprint density at radius 1 is 1.12 bits per heavy atom. The van der Waals surface area contributed by atoms with Crippen molar-refractivity contribution in [3.05, 3.63) is 29.3 Å². The third kappa shape index (κ3) is 7.10. The normalized spacial score (nSPS) is 23.8. The van der Waals surface area contributed by atoms with Crippen molar-refractivity contribution in [1.82, 2.24) is 10.2 Å². The largest absolute Gasteiger partial charge is 0.573 e. The molecule has 2 atom stereocenters. The predicted molar refractivity (Wildman–Crippen MR) is 116 cm³/mol. The van der Waals surface area contributed by atoms with Gasteiger partial charge in [0.15, 0.2) is 0 Å². The van der Waals surface area contributed by atoms with E-state index < -0.39 is 6.36 Å². The number of nitrogens with one attached hydrogen (secondary N) is 1. The van der Waals surface area contributed by atoms with E-state index in [-0.39, 0.29) is 17.6 Å². The molecule has 5 nitrogen and oxygen atoms in total. The summed E-state index contributed by atoms with van der Waals surface area (Å²) in [6.07, 6.45) is 1.90. The fourth-order valence-electron chi connectivity index (χ4n) is 4.73. The van der Waals surface area contributed by atoms with Gasteiger partial charge in [0, 0.05) is 44.3 Å². The molecule has 4 rings (SSSR count). The van der Waals surface area contributed by atoms with Gasteiger partial charge in [-0.25, -0.2) is 0 Å². The van der Waals surface area contributed by atoms with Gasteiger partial charge in [-0.1, -0.05) is 26.3 Å². The van der Waals surface area contributed by atoms with Crippen LogP contribution in [0.4, 0.5) is 13.2 Å². The third-order valence-corrected chi connectivity index (χ3v) is 6.21. The van der Waals surface area contributed by atoms with Crippen LogP contribution in [0.2, 0.25) is 0 Å². The molecule has 1 saturated carbocycles. The lowest BCUT2D eigenvalue weighted by Crippen LogP contribution is -2.42. The minimum atomic E-state index is -4.71. The van der Waals surface area contributed by atoms with Crippen LogP contribution < -0.4 is 10.1 Å². The summed E-state index contributed by atoms with van der Waals surface area (Å²) < 4.78 is 46.9. The molecular formula is C24H35F3N2O3. The number of hydrogen-bond acceptors (Lipinski definition) is 4. The van der Waals surface area contributed by atoms with Gasteiger partial charge in [0.05, 0.1) is 0 Å². The van der Waals surface area contributed by atoms with Crippen LogP contribution in [0.25, 0.3) is 0 Å². The van der Waals surface area contributed by atoms with Gasteiger partial charge >= 0.3 is 6.36 Å². The molecular weight excluding hydrogens is 421 g/mol. The SMILES string of the molecule is CCC.O=C(C1CCC(NC2CCOCC2)C1)N1CCc2ccc(OC(F)(F)F)cc2C1. The summed E-state index contributed by atoms with van der Waals surface area (Å²) >= 11 is 0. The second-order valence-electron chi connectivity index (χ2n) is 8.96. The Balaban J connectivity index is 0.000000913. The Labute approximate surface area is 188 Å². The van der Waals surface area contributed by atoms with E-state index in [1.165, 1.54) is 18.6 Å². The van der Waals surface area contributed by atoms with E-state index in [4.69, 9.17) is 4.74 Å². The molecule has 180 valence electrons. The minimum Gasteiger partial charge on any atom is -0.406 e. The van der Waals surface area contributed by atoms with Crippen LogP contribution in [-0.4, -0.2) is 49.0 Å². The molecule has 1 saturated heterocycles. The second kappa shape index (κ2) is 11.4. The van der Waals surface area contributed by atoms with Crippen molar-refractivity contribution < 1.29 is 27.4 Å². The zero-order valence-electron chi connectivity index (χ0n) is 19.0. The van der Waals surface area contributed by atoms with Crippen molar-refractivity contribution in [1.29, 1.82) is 0 Å². The Morgan fingerprint density at radius 2 is 1.84 bits per heavy atom. The van der Waals surface area contributed by atoms with Crippen LogP contribution >= 0.6 is 0 Å². The molecule has 0 radical (unpaired) electrons.